The summed E-state index contributed by atoms with van der Waals surface area (Å²) in [4.78, 5) is 14.2. The van der Waals surface area contributed by atoms with Gasteiger partial charge in [0.05, 0.1) is 19.8 Å². The zero-order valence-corrected chi connectivity index (χ0v) is 13.8. The number of amides is 1. The van der Waals surface area contributed by atoms with Crippen molar-refractivity contribution in [1.29, 1.82) is 0 Å². The maximum Gasteiger partial charge on any atom is 0.238 e. The Labute approximate surface area is 142 Å². The van der Waals surface area contributed by atoms with Crippen LogP contribution in [-0.2, 0) is 9.53 Å². The number of hydrogen-bond donors (Lipinski definition) is 1. The molecule has 0 bridgehead atoms. The fourth-order valence-corrected chi connectivity index (χ4v) is 2.58. The molecule has 1 N–H and O–H groups in total. The second kappa shape index (κ2) is 7.95. The van der Waals surface area contributed by atoms with Gasteiger partial charge in [-0.3, -0.25) is 9.69 Å². The van der Waals surface area contributed by atoms with Crippen LogP contribution in [0.5, 0.6) is 11.5 Å². The summed E-state index contributed by atoms with van der Waals surface area (Å²) in [6.45, 7) is 5.41. The van der Waals surface area contributed by atoms with Crippen molar-refractivity contribution in [2.75, 3.05) is 38.2 Å². The van der Waals surface area contributed by atoms with Gasteiger partial charge in [-0.05, 0) is 48.9 Å². The molecular formula is C19H22N2O3. The van der Waals surface area contributed by atoms with Gasteiger partial charge in [0.25, 0.3) is 0 Å². The normalized spacial score (nSPS) is 15.0. The number of carbonyl (C=O) groups is 1. The quantitative estimate of drug-likeness (QED) is 0.917. The zero-order chi connectivity index (χ0) is 16.8. The van der Waals surface area contributed by atoms with Gasteiger partial charge in [0.2, 0.25) is 5.91 Å². The number of morpholine rings is 1. The maximum atomic E-state index is 12.1. The SMILES string of the molecule is Cc1cccc(Oc2ccc(NC(=O)CN3CCOCC3)cc2)c1. The third-order valence-corrected chi connectivity index (χ3v) is 3.83. The molecule has 0 atom stereocenters. The Balaban J connectivity index is 1.53. The lowest BCUT2D eigenvalue weighted by atomic mass is 10.2. The minimum Gasteiger partial charge on any atom is -0.457 e. The van der Waals surface area contributed by atoms with Gasteiger partial charge in [0.1, 0.15) is 11.5 Å². The first-order valence-electron chi connectivity index (χ1n) is 8.13. The Hall–Kier alpha value is -2.37. The molecule has 0 aliphatic carbocycles. The first-order valence-corrected chi connectivity index (χ1v) is 8.13. The predicted octanol–water partition coefficient (Wildman–Crippen LogP) is 3.06. The average Bonchev–Trinajstić information content (AvgIpc) is 2.57. The highest BCUT2D eigenvalue weighted by molar-refractivity contribution is 5.92. The Kier molecular flexibility index (Phi) is 5.46. The lowest BCUT2D eigenvalue weighted by molar-refractivity contribution is -0.118. The summed E-state index contributed by atoms with van der Waals surface area (Å²) < 4.78 is 11.1. The molecule has 1 fully saturated rings. The molecule has 1 saturated heterocycles. The molecule has 0 radical (unpaired) electrons. The van der Waals surface area contributed by atoms with Crippen LogP contribution in [0.1, 0.15) is 5.56 Å². The van der Waals surface area contributed by atoms with Crippen molar-refractivity contribution in [2.24, 2.45) is 0 Å². The van der Waals surface area contributed by atoms with Gasteiger partial charge in [0.15, 0.2) is 0 Å². The molecule has 5 heteroatoms. The van der Waals surface area contributed by atoms with Crippen LogP contribution < -0.4 is 10.1 Å². The molecule has 0 aromatic heterocycles. The van der Waals surface area contributed by atoms with Crippen LogP contribution in [0.15, 0.2) is 48.5 Å². The van der Waals surface area contributed by atoms with E-state index in [1.54, 1.807) is 0 Å². The number of aryl methyl sites for hydroxylation is 1. The van der Waals surface area contributed by atoms with Crippen molar-refractivity contribution in [3.8, 4) is 11.5 Å². The molecule has 1 aliphatic heterocycles. The van der Waals surface area contributed by atoms with Crippen molar-refractivity contribution in [3.05, 3.63) is 54.1 Å². The van der Waals surface area contributed by atoms with Crippen LogP contribution in [0.2, 0.25) is 0 Å². The molecule has 5 nitrogen and oxygen atoms in total. The lowest BCUT2D eigenvalue weighted by Crippen LogP contribution is -2.41. The predicted molar refractivity (Wildman–Crippen MR) is 93.6 cm³/mol. The number of nitrogens with zero attached hydrogens (tertiary/aromatic N) is 1. The number of anilines is 1. The van der Waals surface area contributed by atoms with Crippen molar-refractivity contribution in [2.45, 2.75) is 6.92 Å². The lowest BCUT2D eigenvalue weighted by Gasteiger charge is -2.25. The molecule has 1 aliphatic rings. The Bertz CT molecular complexity index is 679. The molecule has 126 valence electrons. The highest BCUT2D eigenvalue weighted by Gasteiger charge is 2.14. The molecule has 2 aromatic rings. The minimum atomic E-state index is -0.00995. The van der Waals surface area contributed by atoms with Gasteiger partial charge < -0.3 is 14.8 Å². The minimum absolute atomic E-state index is 0.00995. The maximum absolute atomic E-state index is 12.1. The molecule has 1 amide bonds. The number of rotatable bonds is 5. The Morgan fingerprint density at radius 2 is 1.88 bits per heavy atom. The van der Waals surface area contributed by atoms with Crippen LogP contribution in [0.4, 0.5) is 5.69 Å². The summed E-state index contributed by atoms with van der Waals surface area (Å²) in [6, 6.07) is 15.3. The largest absolute Gasteiger partial charge is 0.457 e. The fourth-order valence-electron chi connectivity index (χ4n) is 2.58. The number of carbonyl (C=O) groups excluding carboxylic acids is 1. The summed E-state index contributed by atoms with van der Waals surface area (Å²) in [5.41, 5.74) is 1.92. The van der Waals surface area contributed by atoms with Crippen molar-refractivity contribution in [3.63, 3.8) is 0 Å². The number of ether oxygens (including phenoxy) is 2. The van der Waals surface area contributed by atoms with Gasteiger partial charge in [-0.2, -0.15) is 0 Å². The van der Waals surface area contributed by atoms with Crippen molar-refractivity contribution in [1.82, 2.24) is 4.90 Å². The highest BCUT2D eigenvalue weighted by Crippen LogP contribution is 2.23. The first-order chi connectivity index (χ1) is 11.7. The second-order valence-corrected chi connectivity index (χ2v) is 5.88. The third-order valence-electron chi connectivity index (χ3n) is 3.83. The van der Waals surface area contributed by atoms with Crippen LogP contribution >= 0.6 is 0 Å². The molecule has 0 unspecified atom stereocenters. The Morgan fingerprint density at radius 3 is 2.58 bits per heavy atom. The topological polar surface area (TPSA) is 50.8 Å². The Morgan fingerprint density at radius 1 is 1.12 bits per heavy atom. The molecular weight excluding hydrogens is 304 g/mol. The van der Waals surface area contributed by atoms with E-state index in [1.165, 1.54) is 0 Å². The second-order valence-electron chi connectivity index (χ2n) is 5.88. The average molecular weight is 326 g/mol. The van der Waals surface area contributed by atoms with Gasteiger partial charge in [-0.15, -0.1) is 0 Å². The number of nitrogens with one attached hydrogen (secondary N) is 1. The highest BCUT2D eigenvalue weighted by atomic mass is 16.5. The number of benzene rings is 2. The van der Waals surface area contributed by atoms with E-state index in [-0.39, 0.29) is 5.91 Å². The van der Waals surface area contributed by atoms with Crippen molar-refractivity contribution < 1.29 is 14.3 Å². The zero-order valence-electron chi connectivity index (χ0n) is 13.8. The van der Waals surface area contributed by atoms with E-state index in [1.807, 2.05) is 55.5 Å². The standard InChI is InChI=1S/C19H22N2O3/c1-15-3-2-4-18(13-15)24-17-7-5-16(6-8-17)20-19(22)14-21-9-11-23-12-10-21/h2-8,13H,9-12,14H2,1H3,(H,20,22). The van der Waals surface area contributed by atoms with E-state index in [0.29, 0.717) is 19.8 Å². The molecule has 0 spiro atoms. The fraction of sp³-hybridized carbons (Fsp3) is 0.316. The third kappa shape index (κ3) is 4.81. The number of hydrogen-bond acceptors (Lipinski definition) is 4. The van der Waals surface area contributed by atoms with Crippen molar-refractivity contribution >= 4 is 11.6 Å². The summed E-state index contributed by atoms with van der Waals surface area (Å²) in [6.07, 6.45) is 0. The summed E-state index contributed by atoms with van der Waals surface area (Å²) in [5, 5.41) is 2.91. The van der Waals surface area contributed by atoms with E-state index in [2.05, 4.69) is 10.2 Å². The van der Waals surface area contributed by atoms with Gasteiger partial charge in [-0.25, -0.2) is 0 Å². The van der Waals surface area contributed by atoms with E-state index in [4.69, 9.17) is 9.47 Å². The van der Waals surface area contributed by atoms with E-state index in [9.17, 15) is 4.79 Å². The summed E-state index contributed by atoms with van der Waals surface area (Å²) in [7, 11) is 0. The summed E-state index contributed by atoms with van der Waals surface area (Å²) >= 11 is 0. The van der Waals surface area contributed by atoms with Gasteiger partial charge >= 0.3 is 0 Å². The van der Waals surface area contributed by atoms with Crippen LogP contribution in [0, 0.1) is 6.92 Å². The summed E-state index contributed by atoms with van der Waals surface area (Å²) in [5.74, 6) is 1.54. The smallest absolute Gasteiger partial charge is 0.238 e. The molecule has 0 saturated carbocycles. The monoisotopic (exact) mass is 326 g/mol. The molecule has 24 heavy (non-hydrogen) atoms. The van der Waals surface area contributed by atoms with E-state index in [0.717, 1.165) is 35.8 Å². The molecule has 2 aromatic carbocycles. The van der Waals surface area contributed by atoms with E-state index < -0.39 is 0 Å². The molecule has 1 heterocycles. The van der Waals surface area contributed by atoms with Crippen LogP contribution in [-0.4, -0.2) is 43.7 Å². The molecule has 3 rings (SSSR count). The first kappa shape index (κ1) is 16.5. The van der Waals surface area contributed by atoms with Crippen LogP contribution in [0.25, 0.3) is 0 Å². The van der Waals surface area contributed by atoms with E-state index >= 15 is 0 Å². The van der Waals surface area contributed by atoms with Gasteiger partial charge in [0, 0.05) is 18.8 Å². The van der Waals surface area contributed by atoms with Gasteiger partial charge in [-0.1, -0.05) is 12.1 Å². The van der Waals surface area contributed by atoms with Crippen LogP contribution in [0.3, 0.4) is 0 Å².